The van der Waals surface area contributed by atoms with Crippen molar-refractivity contribution in [1.29, 1.82) is 0 Å². The number of carbonyl (C=O) groups excluding carboxylic acids is 1. The summed E-state index contributed by atoms with van der Waals surface area (Å²) in [4.78, 5) is 16.1. The van der Waals surface area contributed by atoms with E-state index in [4.69, 9.17) is 10.5 Å². The van der Waals surface area contributed by atoms with Gasteiger partial charge in [0, 0.05) is 6.20 Å². The number of anilines is 1. The van der Waals surface area contributed by atoms with Crippen LogP contribution in [0.1, 0.15) is 28.7 Å². The zero-order valence-electron chi connectivity index (χ0n) is 11.2. The van der Waals surface area contributed by atoms with Gasteiger partial charge in [-0.1, -0.05) is 0 Å². The van der Waals surface area contributed by atoms with E-state index in [0.717, 1.165) is 0 Å². The zero-order chi connectivity index (χ0) is 14.0. The van der Waals surface area contributed by atoms with E-state index in [1.54, 1.807) is 43.8 Å². The summed E-state index contributed by atoms with van der Waals surface area (Å²) in [7, 11) is 0. The van der Waals surface area contributed by atoms with Crippen LogP contribution in [-0.4, -0.2) is 27.3 Å². The van der Waals surface area contributed by atoms with Gasteiger partial charge in [0.05, 0.1) is 23.7 Å². The third-order valence-electron chi connectivity index (χ3n) is 2.79. The second kappa shape index (κ2) is 5.09. The van der Waals surface area contributed by atoms with Gasteiger partial charge in [0.15, 0.2) is 5.82 Å². The Morgan fingerprint density at radius 3 is 2.84 bits per heavy atom. The minimum absolute atomic E-state index is 0.328. The van der Waals surface area contributed by atoms with Gasteiger partial charge < -0.3 is 10.5 Å². The molecular formula is C13H16N4O2. The Bertz CT molecular complexity index is 619. The summed E-state index contributed by atoms with van der Waals surface area (Å²) in [5.74, 6) is 0.136. The summed E-state index contributed by atoms with van der Waals surface area (Å²) < 4.78 is 6.59. The maximum Gasteiger partial charge on any atom is 0.341 e. The van der Waals surface area contributed by atoms with E-state index < -0.39 is 0 Å². The third-order valence-corrected chi connectivity index (χ3v) is 2.79. The van der Waals surface area contributed by atoms with E-state index in [0.29, 0.717) is 35.1 Å². The highest BCUT2D eigenvalue weighted by atomic mass is 16.5. The van der Waals surface area contributed by atoms with Gasteiger partial charge >= 0.3 is 5.97 Å². The number of ether oxygens (including phenoxy) is 1. The summed E-state index contributed by atoms with van der Waals surface area (Å²) in [6.07, 6.45) is 1.63. The van der Waals surface area contributed by atoms with Crippen LogP contribution in [0.25, 0.3) is 5.82 Å². The highest BCUT2D eigenvalue weighted by Gasteiger charge is 2.21. The molecule has 0 unspecified atom stereocenters. The fourth-order valence-corrected chi connectivity index (χ4v) is 1.93. The number of nitrogens with zero attached hydrogens (tertiary/aromatic N) is 3. The number of nitrogen functional groups attached to an aromatic ring is 1. The van der Waals surface area contributed by atoms with Crippen LogP contribution < -0.4 is 5.73 Å². The monoisotopic (exact) mass is 260 g/mol. The molecule has 0 saturated carbocycles. The predicted octanol–water partition coefficient (Wildman–Crippen LogP) is 1.64. The van der Waals surface area contributed by atoms with Gasteiger partial charge in [0.1, 0.15) is 5.56 Å². The van der Waals surface area contributed by atoms with Gasteiger partial charge in [0.25, 0.3) is 0 Å². The van der Waals surface area contributed by atoms with Crippen LogP contribution in [0.5, 0.6) is 0 Å². The molecule has 0 aromatic carbocycles. The molecule has 0 aliphatic carbocycles. The van der Waals surface area contributed by atoms with Gasteiger partial charge in [-0.25, -0.2) is 14.5 Å². The first-order valence-electron chi connectivity index (χ1n) is 6.00. The van der Waals surface area contributed by atoms with Gasteiger partial charge in [-0.3, -0.25) is 0 Å². The molecule has 0 atom stereocenters. The number of esters is 1. The summed E-state index contributed by atoms with van der Waals surface area (Å²) >= 11 is 0. The Morgan fingerprint density at radius 2 is 2.21 bits per heavy atom. The Hall–Kier alpha value is -2.37. The third kappa shape index (κ3) is 2.29. The van der Waals surface area contributed by atoms with Crippen LogP contribution in [-0.2, 0) is 4.74 Å². The molecule has 0 saturated heterocycles. The molecule has 6 heteroatoms. The van der Waals surface area contributed by atoms with Crippen molar-refractivity contribution >= 4 is 11.7 Å². The fourth-order valence-electron chi connectivity index (χ4n) is 1.93. The number of rotatable bonds is 3. The topological polar surface area (TPSA) is 83.0 Å². The fraction of sp³-hybridized carbons (Fsp3) is 0.308. The lowest BCUT2D eigenvalue weighted by atomic mass is 10.2. The minimum Gasteiger partial charge on any atom is -0.462 e. The number of nitrogens with two attached hydrogens (primary N) is 1. The molecule has 0 radical (unpaired) electrons. The average Bonchev–Trinajstić information content (AvgIpc) is 2.66. The van der Waals surface area contributed by atoms with Crippen LogP contribution in [0.4, 0.5) is 5.69 Å². The highest BCUT2D eigenvalue weighted by Crippen LogP contribution is 2.20. The van der Waals surface area contributed by atoms with Crippen molar-refractivity contribution in [3.05, 3.63) is 35.3 Å². The van der Waals surface area contributed by atoms with E-state index in [9.17, 15) is 4.79 Å². The van der Waals surface area contributed by atoms with Gasteiger partial charge in [0.2, 0.25) is 0 Å². The number of hydrogen-bond donors (Lipinski definition) is 1. The molecule has 0 amide bonds. The van der Waals surface area contributed by atoms with E-state index >= 15 is 0 Å². The Kier molecular flexibility index (Phi) is 3.50. The van der Waals surface area contributed by atoms with E-state index in [1.807, 2.05) is 0 Å². The Labute approximate surface area is 111 Å². The molecule has 0 spiro atoms. The smallest absolute Gasteiger partial charge is 0.341 e. The van der Waals surface area contributed by atoms with Crippen LogP contribution in [0.15, 0.2) is 18.3 Å². The number of aryl methyl sites for hydroxylation is 1. The molecule has 2 aromatic heterocycles. The first-order valence-corrected chi connectivity index (χ1v) is 6.00. The summed E-state index contributed by atoms with van der Waals surface area (Å²) in [6.45, 7) is 5.65. The highest BCUT2D eigenvalue weighted by molar-refractivity contribution is 5.92. The summed E-state index contributed by atoms with van der Waals surface area (Å²) in [5.41, 5.74) is 8.11. The normalized spacial score (nSPS) is 10.5. The Morgan fingerprint density at radius 1 is 1.47 bits per heavy atom. The first-order chi connectivity index (χ1) is 9.06. The number of carbonyl (C=O) groups is 1. The SMILES string of the molecule is CCOC(=O)c1c(C)nn(-c2ncccc2N)c1C. The van der Waals surface area contributed by atoms with Crippen molar-refractivity contribution in [2.24, 2.45) is 0 Å². The van der Waals surface area contributed by atoms with Crippen LogP contribution in [0.2, 0.25) is 0 Å². The van der Waals surface area contributed by atoms with Gasteiger partial charge in [-0.05, 0) is 32.9 Å². The molecule has 2 rings (SSSR count). The molecule has 100 valence electrons. The molecular weight excluding hydrogens is 244 g/mol. The quantitative estimate of drug-likeness (QED) is 0.848. The summed E-state index contributed by atoms with van der Waals surface area (Å²) in [5, 5.41) is 4.32. The van der Waals surface area contributed by atoms with Crippen LogP contribution in [0, 0.1) is 13.8 Å². The maximum absolute atomic E-state index is 11.9. The maximum atomic E-state index is 11.9. The lowest BCUT2D eigenvalue weighted by molar-refractivity contribution is 0.0524. The Balaban J connectivity index is 2.54. The van der Waals surface area contributed by atoms with Crippen molar-refractivity contribution in [3.63, 3.8) is 0 Å². The second-order valence-electron chi connectivity index (χ2n) is 4.09. The number of pyridine rings is 1. The minimum atomic E-state index is -0.377. The van der Waals surface area contributed by atoms with E-state index in [1.165, 1.54) is 0 Å². The second-order valence-corrected chi connectivity index (χ2v) is 4.09. The van der Waals surface area contributed by atoms with Crippen molar-refractivity contribution in [3.8, 4) is 5.82 Å². The van der Waals surface area contributed by atoms with Crippen LogP contribution >= 0.6 is 0 Å². The molecule has 19 heavy (non-hydrogen) atoms. The molecule has 0 aliphatic heterocycles. The zero-order valence-corrected chi connectivity index (χ0v) is 11.2. The van der Waals surface area contributed by atoms with Crippen molar-refractivity contribution in [2.75, 3.05) is 12.3 Å². The standard InChI is InChI=1S/C13H16N4O2/c1-4-19-13(18)11-8(2)16-17(9(11)3)12-10(14)6-5-7-15-12/h5-7H,4,14H2,1-3H3. The van der Waals surface area contributed by atoms with Crippen LogP contribution in [0.3, 0.4) is 0 Å². The molecule has 2 heterocycles. The summed E-state index contributed by atoms with van der Waals surface area (Å²) in [6, 6.07) is 3.49. The van der Waals surface area contributed by atoms with E-state index in [-0.39, 0.29) is 5.97 Å². The van der Waals surface area contributed by atoms with Crippen molar-refractivity contribution in [1.82, 2.24) is 14.8 Å². The first kappa shape index (κ1) is 13.1. The average molecular weight is 260 g/mol. The lowest BCUT2D eigenvalue weighted by Gasteiger charge is -2.06. The molecule has 0 fully saturated rings. The van der Waals surface area contributed by atoms with Crippen molar-refractivity contribution in [2.45, 2.75) is 20.8 Å². The predicted molar refractivity (Wildman–Crippen MR) is 71.2 cm³/mol. The molecule has 2 aromatic rings. The van der Waals surface area contributed by atoms with Gasteiger partial charge in [-0.15, -0.1) is 0 Å². The van der Waals surface area contributed by atoms with Crippen molar-refractivity contribution < 1.29 is 9.53 Å². The lowest BCUT2D eigenvalue weighted by Crippen LogP contribution is -2.09. The molecule has 2 N–H and O–H groups in total. The molecule has 0 bridgehead atoms. The molecule has 0 aliphatic rings. The van der Waals surface area contributed by atoms with E-state index in [2.05, 4.69) is 10.1 Å². The number of hydrogen-bond acceptors (Lipinski definition) is 5. The molecule has 6 nitrogen and oxygen atoms in total. The number of aromatic nitrogens is 3. The van der Waals surface area contributed by atoms with Gasteiger partial charge in [-0.2, -0.15) is 5.10 Å². The largest absolute Gasteiger partial charge is 0.462 e.